The summed E-state index contributed by atoms with van der Waals surface area (Å²) in [6.45, 7) is 2.06. The highest BCUT2D eigenvalue weighted by molar-refractivity contribution is 9.11. The van der Waals surface area contributed by atoms with E-state index in [1.54, 1.807) is 0 Å². The Bertz CT molecular complexity index is 791. The van der Waals surface area contributed by atoms with Crippen molar-refractivity contribution in [1.29, 1.82) is 0 Å². The molecule has 2 nitrogen and oxygen atoms in total. The molecule has 0 spiro atoms. The molecule has 0 fully saturated rings. The minimum Gasteiger partial charge on any atom is -0.506 e. The third-order valence-corrected chi connectivity index (χ3v) is 4.77. The maximum Gasteiger partial charge on any atom is 0.144 e. The largest absolute Gasteiger partial charge is 0.506 e. The van der Waals surface area contributed by atoms with Crippen LogP contribution in [0, 0.1) is 0 Å². The second kappa shape index (κ2) is 5.26. The van der Waals surface area contributed by atoms with Crippen molar-refractivity contribution in [1.82, 2.24) is 0 Å². The van der Waals surface area contributed by atoms with Crippen molar-refractivity contribution in [2.24, 2.45) is 0 Å². The van der Waals surface area contributed by atoms with Crippen LogP contribution in [0.1, 0.15) is 12.7 Å². The third kappa shape index (κ3) is 2.07. The van der Waals surface area contributed by atoms with E-state index in [2.05, 4.69) is 38.8 Å². The van der Waals surface area contributed by atoms with E-state index in [4.69, 9.17) is 4.42 Å². The molecule has 0 atom stereocenters. The molecule has 0 bridgehead atoms. The molecule has 0 aliphatic carbocycles. The number of halogens is 2. The summed E-state index contributed by atoms with van der Waals surface area (Å²) in [5, 5.41) is 11.2. The average Bonchev–Trinajstić information content (AvgIpc) is 2.84. The summed E-state index contributed by atoms with van der Waals surface area (Å²) in [6.07, 6.45) is 0.799. The number of fused-ring (bicyclic) bond motifs is 1. The molecular formula is C16H12Br2O2. The molecule has 102 valence electrons. The van der Waals surface area contributed by atoms with Gasteiger partial charge in [-0.05, 0) is 44.0 Å². The van der Waals surface area contributed by atoms with Gasteiger partial charge in [0.2, 0.25) is 0 Å². The number of hydrogen-bond donors (Lipinski definition) is 1. The van der Waals surface area contributed by atoms with Crippen molar-refractivity contribution in [3.8, 4) is 16.9 Å². The standard InChI is InChI=1S/C16H12Br2O2/c1-2-12-14(9-5-3-4-6-13(9)20-12)10-7-8-11(17)16(19)15(10)18/h3-8,19H,2H2,1H3. The molecule has 0 radical (unpaired) electrons. The predicted molar refractivity (Wildman–Crippen MR) is 88.1 cm³/mol. The molecule has 0 aliphatic heterocycles. The van der Waals surface area contributed by atoms with Crippen LogP contribution in [-0.4, -0.2) is 5.11 Å². The smallest absolute Gasteiger partial charge is 0.144 e. The summed E-state index contributed by atoms with van der Waals surface area (Å²) in [4.78, 5) is 0. The molecule has 4 heteroatoms. The first-order valence-electron chi connectivity index (χ1n) is 6.31. The first-order chi connectivity index (χ1) is 9.63. The fraction of sp³-hybridized carbons (Fsp3) is 0.125. The van der Waals surface area contributed by atoms with Gasteiger partial charge in [-0.25, -0.2) is 0 Å². The van der Waals surface area contributed by atoms with Gasteiger partial charge < -0.3 is 9.52 Å². The number of furan rings is 1. The SMILES string of the molecule is CCc1oc2ccccc2c1-c1ccc(Br)c(O)c1Br. The van der Waals surface area contributed by atoms with Crippen LogP contribution in [0.2, 0.25) is 0 Å². The van der Waals surface area contributed by atoms with Gasteiger partial charge in [-0.1, -0.05) is 31.2 Å². The van der Waals surface area contributed by atoms with Crippen molar-refractivity contribution >= 4 is 42.8 Å². The number of aromatic hydroxyl groups is 1. The monoisotopic (exact) mass is 394 g/mol. The molecule has 0 saturated carbocycles. The summed E-state index contributed by atoms with van der Waals surface area (Å²) in [5.41, 5.74) is 2.85. The van der Waals surface area contributed by atoms with Crippen molar-refractivity contribution in [2.75, 3.05) is 0 Å². The lowest BCUT2D eigenvalue weighted by atomic mass is 10.0. The third-order valence-electron chi connectivity index (χ3n) is 3.33. The van der Waals surface area contributed by atoms with Gasteiger partial charge >= 0.3 is 0 Å². The number of benzene rings is 2. The lowest BCUT2D eigenvalue weighted by molar-refractivity contribution is 0.469. The lowest BCUT2D eigenvalue weighted by Crippen LogP contribution is -1.85. The van der Waals surface area contributed by atoms with Gasteiger partial charge in [0.15, 0.2) is 0 Å². The molecule has 0 unspecified atom stereocenters. The zero-order chi connectivity index (χ0) is 14.3. The zero-order valence-corrected chi connectivity index (χ0v) is 14.0. The van der Waals surface area contributed by atoms with Gasteiger partial charge in [0, 0.05) is 22.9 Å². The van der Waals surface area contributed by atoms with Gasteiger partial charge in [-0.2, -0.15) is 0 Å². The zero-order valence-electron chi connectivity index (χ0n) is 10.8. The summed E-state index contributed by atoms with van der Waals surface area (Å²) in [5.74, 6) is 1.13. The van der Waals surface area contributed by atoms with Crippen molar-refractivity contribution in [3.05, 3.63) is 51.1 Å². The molecule has 3 rings (SSSR count). The van der Waals surface area contributed by atoms with E-state index in [1.807, 2.05) is 36.4 Å². The maximum absolute atomic E-state index is 10.1. The normalized spacial score (nSPS) is 11.2. The van der Waals surface area contributed by atoms with Gasteiger partial charge in [-0.15, -0.1) is 0 Å². The second-order valence-electron chi connectivity index (χ2n) is 4.51. The van der Waals surface area contributed by atoms with E-state index in [1.165, 1.54) is 0 Å². The summed E-state index contributed by atoms with van der Waals surface area (Å²) in [6, 6.07) is 11.8. The molecule has 1 N–H and O–H groups in total. The molecule has 1 aromatic heterocycles. The molecule has 0 amide bonds. The fourth-order valence-electron chi connectivity index (χ4n) is 2.37. The van der Waals surface area contributed by atoms with Gasteiger partial charge in [0.1, 0.15) is 17.1 Å². The van der Waals surface area contributed by atoms with Crippen LogP contribution in [0.3, 0.4) is 0 Å². The van der Waals surface area contributed by atoms with E-state index < -0.39 is 0 Å². The van der Waals surface area contributed by atoms with Crippen molar-refractivity contribution in [3.63, 3.8) is 0 Å². The highest BCUT2D eigenvalue weighted by Crippen LogP contribution is 2.44. The molecule has 0 aliphatic rings. The molecule has 1 heterocycles. The van der Waals surface area contributed by atoms with Crippen molar-refractivity contribution in [2.45, 2.75) is 13.3 Å². The van der Waals surface area contributed by atoms with Gasteiger partial charge in [0.05, 0.1) is 8.95 Å². The van der Waals surface area contributed by atoms with Crippen LogP contribution in [0.25, 0.3) is 22.1 Å². The van der Waals surface area contributed by atoms with Gasteiger partial charge in [0.25, 0.3) is 0 Å². The summed E-state index contributed by atoms with van der Waals surface area (Å²) >= 11 is 6.81. The minimum atomic E-state index is 0.204. The molecule has 20 heavy (non-hydrogen) atoms. The van der Waals surface area contributed by atoms with E-state index >= 15 is 0 Å². The number of aryl methyl sites for hydroxylation is 1. The number of para-hydroxylation sites is 1. The van der Waals surface area contributed by atoms with E-state index in [9.17, 15) is 5.11 Å². The Morgan fingerprint density at radius 3 is 2.60 bits per heavy atom. The Balaban J connectivity index is 2.37. The van der Waals surface area contributed by atoms with Crippen LogP contribution in [0.4, 0.5) is 0 Å². The topological polar surface area (TPSA) is 33.4 Å². The highest BCUT2D eigenvalue weighted by atomic mass is 79.9. The summed E-state index contributed by atoms with van der Waals surface area (Å²) in [7, 11) is 0. The number of phenolic OH excluding ortho intramolecular Hbond substituents is 1. The molecular weight excluding hydrogens is 384 g/mol. The Labute approximate surface area is 133 Å². The predicted octanol–water partition coefficient (Wildman–Crippen LogP) is 5.89. The first-order valence-corrected chi connectivity index (χ1v) is 7.89. The minimum absolute atomic E-state index is 0.204. The van der Waals surface area contributed by atoms with Crippen LogP contribution < -0.4 is 0 Å². The molecule has 2 aromatic carbocycles. The number of phenols is 1. The molecule has 3 aromatic rings. The summed E-state index contributed by atoms with van der Waals surface area (Å²) < 4.78 is 7.25. The van der Waals surface area contributed by atoms with E-state index in [-0.39, 0.29) is 5.75 Å². The average molecular weight is 396 g/mol. The van der Waals surface area contributed by atoms with Crippen LogP contribution in [0.15, 0.2) is 49.8 Å². The Kier molecular flexibility index (Phi) is 3.61. The maximum atomic E-state index is 10.1. The Morgan fingerprint density at radius 1 is 1.10 bits per heavy atom. The lowest BCUT2D eigenvalue weighted by Gasteiger charge is -2.08. The number of rotatable bonds is 2. The highest BCUT2D eigenvalue weighted by Gasteiger charge is 2.19. The second-order valence-corrected chi connectivity index (χ2v) is 6.15. The number of hydrogen-bond acceptors (Lipinski definition) is 2. The Morgan fingerprint density at radius 2 is 1.85 bits per heavy atom. The van der Waals surface area contributed by atoms with E-state index in [0.29, 0.717) is 8.95 Å². The molecule has 0 saturated heterocycles. The van der Waals surface area contributed by atoms with Crippen LogP contribution in [0.5, 0.6) is 5.75 Å². The van der Waals surface area contributed by atoms with Crippen LogP contribution >= 0.6 is 31.9 Å². The van der Waals surface area contributed by atoms with Crippen molar-refractivity contribution < 1.29 is 9.52 Å². The Hall–Kier alpha value is -1.26. The quantitative estimate of drug-likeness (QED) is 0.586. The van der Waals surface area contributed by atoms with Crippen LogP contribution in [-0.2, 0) is 6.42 Å². The fourth-order valence-corrected chi connectivity index (χ4v) is 3.51. The van der Waals surface area contributed by atoms with Gasteiger partial charge in [-0.3, -0.25) is 0 Å². The van der Waals surface area contributed by atoms with E-state index in [0.717, 1.165) is 34.3 Å². The first kappa shape index (κ1) is 13.7.